The number of benzene rings is 2. The van der Waals surface area contributed by atoms with Gasteiger partial charge in [-0.05, 0) is 74.4 Å². The summed E-state index contributed by atoms with van der Waals surface area (Å²) in [5.74, 6) is 0. The van der Waals surface area contributed by atoms with Gasteiger partial charge in [0, 0.05) is 70.1 Å². The highest BCUT2D eigenvalue weighted by molar-refractivity contribution is 5.53. The molecule has 0 amide bonds. The molecule has 0 aliphatic carbocycles. The minimum Gasteiger partial charge on any atom is -0.378 e. The topological polar surface area (TPSA) is 63.7 Å². The lowest BCUT2D eigenvalue weighted by Gasteiger charge is -2.16. The smallest absolute Gasteiger partial charge is 0.196 e. The molecule has 0 saturated carbocycles. The van der Waals surface area contributed by atoms with E-state index in [4.69, 9.17) is 0 Å². The molecule has 0 N–H and O–H groups in total. The van der Waals surface area contributed by atoms with Crippen molar-refractivity contribution in [1.82, 2.24) is 0 Å². The first-order valence-electron chi connectivity index (χ1n) is 14.4. The van der Waals surface area contributed by atoms with Gasteiger partial charge in [0.1, 0.15) is 18.8 Å². The van der Waals surface area contributed by atoms with Crippen molar-refractivity contribution >= 4 is 34.1 Å². The molecule has 0 radical (unpaired) electrons. The molecule has 8 nitrogen and oxygen atoms in total. The van der Waals surface area contributed by atoms with Gasteiger partial charge in [0.05, 0.1) is 17.1 Å². The first-order chi connectivity index (χ1) is 20.0. The van der Waals surface area contributed by atoms with Gasteiger partial charge in [-0.25, -0.2) is 9.13 Å². The minimum atomic E-state index is 0.851. The number of anilines is 2. The Bertz CT molecular complexity index is 1390. The summed E-state index contributed by atoms with van der Waals surface area (Å²) in [6, 6.07) is 24.3. The number of hydrogen-bond donors (Lipinski definition) is 0. The highest BCUT2D eigenvalue weighted by atomic mass is 15.1. The van der Waals surface area contributed by atoms with E-state index in [9.17, 15) is 0 Å². The van der Waals surface area contributed by atoms with Crippen molar-refractivity contribution in [2.45, 2.75) is 45.7 Å². The zero-order valence-electron chi connectivity index (χ0n) is 24.8. The van der Waals surface area contributed by atoms with E-state index in [0.29, 0.717) is 0 Å². The maximum absolute atomic E-state index is 4.42. The van der Waals surface area contributed by atoms with Crippen LogP contribution in [0.1, 0.15) is 32.6 Å². The standard InChI is InChI=1S/C33H42N8/c1-5-39(4)33-18-14-29(15-19-33)34-36-30-20-25-40(26-21-30)22-8-6-7-9-23-41-24-10-11-31(27-41)37-35-28-12-16-32(17-13-28)38(2)3/h10-21,24-27H,5-9,22-23H2,1-4H3/q+2. The Labute approximate surface area is 244 Å². The summed E-state index contributed by atoms with van der Waals surface area (Å²) >= 11 is 0. The van der Waals surface area contributed by atoms with Gasteiger partial charge in [-0.2, -0.15) is 15.3 Å². The fourth-order valence-electron chi connectivity index (χ4n) is 4.32. The predicted octanol–water partition coefficient (Wildman–Crippen LogP) is 7.88. The molecule has 0 aliphatic heterocycles. The number of azo groups is 2. The molecule has 2 heterocycles. The van der Waals surface area contributed by atoms with Crippen molar-refractivity contribution in [3.05, 3.63) is 97.6 Å². The van der Waals surface area contributed by atoms with Crippen molar-refractivity contribution in [2.24, 2.45) is 20.5 Å². The summed E-state index contributed by atoms with van der Waals surface area (Å²) in [4.78, 5) is 4.26. The van der Waals surface area contributed by atoms with Gasteiger partial charge >= 0.3 is 0 Å². The van der Waals surface area contributed by atoms with Crippen molar-refractivity contribution in [3.8, 4) is 0 Å². The Morgan fingerprint density at radius 2 is 1.05 bits per heavy atom. The van der Waals surface area contributed by atoms with Crippen LogP contribution in [-0.4, -0.2) is 27.7 Å². The summed E-state index contributed by atoms with van der Waals surface area (Å²) in [5, 5.41) is 17.6. The summed E-state index contributed by atoms with van der Waals surface area (Å²) in [5.41, 5.74) is 5.76. The van der Waals surface area contributed by atoms with Crippen LogP contribution in [0.25, 0.3) is 0 Å². The average Bonchev–Trinajstić information content (AvgIpc) is 3.01. The molecule has 0 unspecified atom stereocenters. The normalized spacial score (nSPS) is 11.4. The third kappa shape index (κ3) is 9.60. The first-order valence-corrected chi connectivity index (χ1v) is 14.4. The Balaban J connectivity index is 1.14. The van der Waals surface area contributed by atoms with E-state index >= 15 is 0 Å². The van der Waals surface area contributed by atoms with E-state index in [0.717, 1.165) is 60.9 Å². The van der Waals surface area contributed by atoms with E-state index in [1.165, 1.54) is 18.5 Å². The first kappa shape index (κ1) is 29.5. The van der Waals surface area contributed by atoms with Crippen molar-refractivity contribution in [2.75, 3.05) is 37.5 Å². The summed E-state index contributed by atoms with van der Waals surface area (Å²) in [7, 11) is 6.14. The number of aryl methyl sites for hydroxylation is 2. The van der Waals surface area contributed by atoms with Gasteiger partial charge in [-0.1, -0.05) is 0 Å². The van der Waals surface area contributed by atoms with E-state index in [1.807, 2.05) is 74.8 Å². The summed E-state index contributed by atoms with van der Waals surface area (Å²) in [6.45, 7) is 5.09. The van der Waals surface area contributed by atoms with E-state index in [2.05, 4.69) is 90.3 Å². The molecule has 2 aromatic carbocycles. The zero-order valence-corrected chi connectivity index (χ0v) is 24.8. The van der Waals surface area contributed by atoms with Gasteiger partial charge < -0.3 is 9.80 Å². The van der Waals surface area contributed by atoms with Crippen LogP contribution in [0.5, 0.6) is 0 Å². The lowest BCUT2D eigenvalue weighted by atomic mass is 10.2. The molecule has 0 saturated heterocycles. The highest BCUT2D eigenvalue weighted by Gasteiger charge is 2.05. The second-order valence-corrected chi connectivity index (χ2v) is 10.3. The van der Waals surface area contributed by atoms with E-state index in [1.54, 1.807) is 0 Å². The van der Waals surface area contributed by atoms with Crippen LogP contribution in [0.3, 0.4) is 0 Å². The largest absolute Gasteiger partial charge is 0.378 e. The van der Waals surface area contributed by atoms with Gasteiger partial charge in [-0.15, -0.1) is 5.11 Å². The Morgan fingerprint density at radius 3 is 1.61 bits per heavy atom. The molecule has 4 aromatic rings. The fourth-order valence-corrected chi connectivity index (χ4v) is 4.32. The molecular weight excluding hydrogens is 508 g/mol. The van der Waals surface area contributed by atoms with Crippen LogP contribution in [0.2, 0.25) is 0 Å². The Kier molecular flexibility index (Phi) is 11.1. The Hall–Kier alpha value is -4.46. The quantitative estimate of drug-likeness (QED) is 0.0911. The number of hydrogen-bond acceptors (Lipinski definition) is 6. The maximum atomic E-state index is 4.42. The van der Waals surface area contributed by atoms with Crippen molar-refractivity contribution < 1.29 is 9.13 Å². The second kappa shape index (κ2) is 15.4. The number of aromatic nitrogens is 2. The van der Waals surface area contributed by atoms with Gasteiger partial charge in [0.2, 0.25) is 0 Å². The van der Waals surface area contributed by atoms with Crippen LogP contribution < -0.4 is 18.9 Å². The number of pyridine rings is 2. The number of unbranched alkanes of at least 4 members (excludes halogenated alkanes) is 3. The number of nitrogens with zero attached hydrogens (tertiary/aromatic N) is 8. The minimum absolute atomic E-state index is 0.851. The molecule has 0 fully saturated rings. The second-order valence-electron chi connectivity index (χ2n) is 10.3. The van der Waals surface area contributed by atoms with Crippen LogP contribution >= 0.6 is 0 Å². The average molecular weight is 551 g/mol. The molecule has 0 spiro atoms. The zero-order chi connectivity index (χ0) is 28.9. The lowest BCUT2D eigenvalue weighted by molar-refractivity contribution is -0.698. The van der Waals surface area contributed by atoms with Gasteiger partial charge in [-0.3, -0.25) is 0 Å². The SMILES string of the molecule is CCN(C)c1ccc(N=Nc2cc[n+](CCCCCC[n+]3cccc(N=Nc4ccc(N(C)C)cc4)c3)cc2)cc1. The van der Waals surface area contributed by atoms with Crippen LogP contribution in [0.15, 0.2) is 118 Å². The highest BCUT2D eigenvalue weighted by Crippen LogP contribution is 2.22. The maximum Gasteiger partial charge on any atom is 0.196 e. The van der Waals surface area contributed by atoms with Gasteiger partial charge in [0.25, 0.3) is 0 Å². The fraction of sp³-hybridized carbons (Fsp3) is 0.333. The van der Waals surface area contributed by atoms with Crippen molar-refractivity contribution in [1.29, 1.82) is 0 Å². The monoisotopic (exact) mass is 550 g/mol. The van der Waals surface area contributed by atoms with Crippen LogP contribution in [-0.2, 0) is 13.1 Å². The molecular formula is C33H42N8+2. The third-order valence-corrected chi connectivity index (χ3v) is 6.99. The van der Waals surface area contributed by atoms with Crippen LogP contribution in [0, 0.1) is 0 Å². The molecule has 0 atom stereocenters. The molecule has 0 aliphatic rings. The van der Waals surface area contributed by atoms with E-state index in [-0.39, 0.29) is 0 Å². The molecule has 2 aromatic heterocycles. The molecule has 212 valence electrons. The predicted molar refractivity (Wildman–Crippen MR) is 166 cm³/mol. The lowest BCUT2D eigenvalue weighted by Crippen LogP contribution is -2.33. The van der Waals surface area contributed by atoms with Gasteiger partial charge in [0.15, 0.2) is 24.8 Å². The van der Waals surface area contributed by atoms with Crippen LogP contribution in [0.4, 0.5) is 34.1 Å². The number of rotatable bonds is 14. The third-order valence-electron chi connectivity index (χ3n) is 6.99. The molecule has 8 heteroatoms. The Morgan fingerprint density at radius 1 is 0.537 bits per heavy atom. The molecule has 0 bridgehead atoms. The summed E-state index contributed by atoms with van der Waals surface area (Å²) < 4.78 is 4.41. The molecule has 4 rings (SSSR count). The molecule has 41 heavy (non-hydrogen) atoms. The summed E-state index contributed by atoms with van der Waals surface area (Å²) in [6.07, 6.45) is 13.0. The van der Waals surface area contributed by atoms with E-state index < -0.39 is 0 Å². The van der Waals surface area contributed by atoms with Crippen molar-refractivity contribution in [3.63, 3.8) is 0 Å².